The normalized spacial score (nSPS) is 16.5. The Morgan fingerprint density at radius 1 is 0.973 bits per heavy atom. The van der Waals surface area contributed by atoms with Crippen molar-refractivity contribution in [2.24, 2.45) is 5.92 Å². The van der Waals surface area contributed by atoms with E-state index in [1.54, 1.807) is 38.5 Å². The van der Waals surface area contributed by atoms with Crippen LogP contribution in [0.25, 0.3) is 11.1 Å². The van der Waals surface area contributed by atoms with Crippen molar-refractivity contribution in [3.8, 4) is 22.6 Å². The highest BCUT2D eigenvalue weighted by molar-refractivity contribution is 5.82. The van der Waals surface area contributed by atoms with Crippen LogP contribution in [0, 0.1) is 11.7 Å². The minimum atomic E-state index is -0.931. The molecule has 6 nitrogen and oxygen atoms in total. The fourth-order valence-corrected chi connectivity index (χ4v) is 5.74. The van der Waals surface area contributed by atoms with Crippen molar-refractivity contribution >= 4 is 11.9 Å². The van der Waals surface area contributed by atoms with Crippen LogP contribution in [0.4, 0.5) is 4.39 Å². The third-order valence-corrected chi connectivity index (χ3v) is 7.59. The number of halogens is 1. The van der Waals surface area contributed by atoms with Gasteiger partial charge in [-0.3, -0.25) is 9.59 Å². The molecule has 0 saturated carbocycles. The molecule has 1 amide bonds. The van der Waals surface area contributed by atoms with Crippen LogP contribution in [-0.2, 0) is 41.8 Å². The number of carbonyl (C=O) groups excluding carboxylic acids is 1. The Kier molecular flexibility index (Phi) is 6.87. The summed E-state index contributed by atoms with van der Waals surface area (Å²) in [5.74, 6) is 0.0846. The second-order valence-corrected chi connectivity index (χ2v) is 9.70. The molecule has 0 saturated heterocycles. The van der Waals surface area contributed by atoms with Gasteiger partial charge in [-0.1, -0.05) is 24.3 Å². The van der Waals surface area contributed by atoms with E-state index < -0.39 is 5.97 Å². The fraction of sp³-hybridized carbons (Fsp3) is 0.333. The van der Waals surface area contributed by atoms with Crippen molar-refractivity contribution in [3.05, 3.63) is 82.2 Å². The molecule has 0 spiro atoms. The minimum Gasteiger partial charge on any atom is -0.496 e. The molecule has 1 aliphatic carbocycles. The molecule has 37 heavy (non-hydrogen) atoms. The quantitative estimate of drug-likeness (QED) is 0.522. The van der Waals surface area contributed by atoms with E-state index in [9.17, 15) is 19.1 Å². The largest absolute Gasteiger partial charge is 0.496 e. The number of aryl methyl sites for hydroxylation is 1. The maximum Gasteiger partial charge on any atom is 0.307 e. The number of hydrogen-bond acceptors (Lipinski definition) is 4. The molecule has 1 unspecified atom stereocenters. The Bertz CT molecular complexity index is 1350. The summed E-state index contributed by atoms with van der Waals surface area (Å²) in [4.78, 5) is 26.8. The zero-order valence-corrected chi connectivity index (χ0v) is 21.1. The number of carbonyl (C=O) groups is 2. The molecular formula is C30H30FNO5. The molecule has 0 radical (unpaired) electrons. The topological polar surface area (TPSA) is 76.1 Å². The number of aliphatic carboxylic acids is 1. The molecule has 1 aliphatic heterocycles. The average molecular weight is 504 g/mol. The maximum absolute atomic E-state index is 14.9. The van der Waals surface area contributed by atoms with Crippen LogP contribution in [0.3, 0.4) is 0 Å². The molecule has 0 aromatic heterocycles. The van der Waals surface area contributed by atoms with E-state index in [2.05, 4.69) is 6.07 Å². The van der Waals surface area contributed by atoms with E-state index in [1.807, 2.05) is 17.0 Å². The lowest BCUT2D eigenvalue weighted by atomic mass is 9.82. The van der Waals surface area contributed by atoms with Crippen LogP contribution in [0.2, 0.25) is 0 Å². The van der Waals surface area contributed by atoms with Gasteiger partial charge in [-0.2, -0.15) is 0 Å². The van der Waals surface area contributed by atoms with Gasteiger partial charge in [-0.05, 0) is 83.3 Å². The van der Waals surface area contributed by atoms with Gasteiger partial charge in [-0.25, -0.2) is 4.39 Å². The maximum atomic E-state index is 14.9. The molecule has 7 heteroatoms. The van der Waals surface area contributed by atoms with Gasteiger partial charge in [0, 0.05) is 24.6 Å². The molecule has 1 heterocycles. The van der Waals surface area contributed by atoms with Crippen molar-refractivity contribution in [2.45, 2.75) is 38.6 Å². The van der Waals surface area contributed by atoms with Crippen molar-refractivity contribution in [2.75, 3.05) is 20.8 Å². The molecule has 3 aromatic carbocycles. The van der Waals surface area contributed by atoms with Gasteiger partial charge in [0.2, 0.25) is 5.91 Å². The summed E-state index contributed by atoms with van der Waals surface area (Å²) in [6.45, 7) is 0.751. The van der Waals surface area contributed by atoms with Gasteiger partial charge in [0.25, 0.3) is 0 Å². The molecule has 5 rings (SSSR count). The molecule has 1 N–H and O–H groups in total. The molecule has 0 bridgehead atoms. The van der Waals surface area contributed by atoms with Gasteiger partial charge in [0.1, 0.15) is 17.3 Å². The first kappa shape index (κ1) is 24.8. The summed E-state index contributed by atoms with van der Waals surface area (Å²) >= 11 is 0. The monoisotopic (exact) mass is 503 g/mol. The summed E-state index contributed by atoms with van der Waals surface area (Å²) in [6.07, 6.45) is 2.51. The van der Waals surface area contributed by atoms with E-state index in [0.29, 0.717) is 48.4 Å². The van der Waals surface area contributed by atoms with Gasteiger partial charge < -0.3 is 19.5 Å². The Hall–Kier alpha value is -3.87. The molecule has 0 fully saturated rings. The number of fused-ring (bicyclic) bond motifs is 2. The zero-order valence-electron chi connectivity index (χ0n) is 21.1. The van der Waals surface area contributed by atoms with E-state index in [4.69, 9.17) is 9.47 Å². The summed E-state index contributed by atoms with van der Waals surface area (Å²) in [5.41, 5.74) is 5.75. The molecular weight excluding hydrogens is 473 g/mol. The first-order valence-electron chi connectivity index (χ1n) is 12.5. The number of rotatable bonds is 6. The highest BCUT2D eigenvalue weighted by Gasteiger charge is 2.33. The predicted molar refractivity (Wildman–Crippen MR) is 137 cm³/mol. The molecule has 3 aromatic rings. The Labute approximate surface area is 215 Å². The molecule has 192 valence electrons. The first-order valence-corrected chi connectivity index (χ1v) is 12.5. The number of carboxylic acids is 1. The number of benzene rings is 3. The number of nitrogens with zero attached hydrogens (tertiary/aromatic N) is 1. The van der Waals surface area contributed by atoms with E-state index in [-0.39, 0.29) is 24.1 Å². The lowest BCUT2D eigenvalue weighted by Crippen LogP contribution is -2.41. The van der Waals surface area contributed by atoms with Crippen LogP contribution < -0.4 is 9.47 Å². The minimum absolute atomic E-state index is 0.0732. The number of ether oxygens (including phenoxy) is 2. The highest BCUT2D eigenvalue weighted by Crippen LogP contribution is 2.39. The van der Waals surface area contributed by atoms with Crippen LogP contribution in [0.5, 0.6) is 11.5 Å². The van der Waals surface area contributed by atoms with Crippen LogP contribution >= 0.6 is 0 Å². The Morgan fingerprint density at radius 2 is 1.78 bits per heavy atom. The Balaban J connectivity index is 1.47. The summed E-state index contributed by atoms with van der Waals surface area (Å²) in [7, 11) is 3.20. The fourth-order valence-electron chi connectivity index (χ4n) is 5.74. The number of amides is 1. The lowest BCUT2D eigenvalue weighted by Gasteiger charge is -2.35. The van der Waals surface area contributed by atoms with Gasteiger partial charge >= 0.3 is 5.97 Å². The third kappa shape index (κ3) is 4.78. The van der Waals surface area contributed by atoms with Crippen molar-refractivity contribution in [1.29, 1.82) is 0 Å². The van der Waals surface area contributed by atoms with Gasteiger partial charge in [0.05, 0.1) is 20.6 Å². The zero-order chi connectivity index (χ0) is 26.1. The van der Waals surface area contributed by atoms with Crippen LogP contribution in [-0.4, -0.2) is 42.6 Å². The van der Waals surface area contributed by atoms with E-state index >= 15 is 0 Å². The standard InChI is InChI=1S/C30H30FNO5/c1-36-27-5-3-4-19-7-8-20(16-23(19)27)30(35)32-13-12-22-25(17-32)21(9-10-26(22)31)24-14-18(15-29(33)34)6-11-28(24)37-2/h3-6,9-11,14,20H,7-8,12-13,15-17H2,1-2H3,(H,33,34). The second kappa shape index (κ2) is 10.2. The van der Waals surface area contributed by atoms with E-state index in [0.717, 1.165) is 35.3 Å². The lowest BCUT2D eigenvalue weighted by molar-refractivity contribution is -0.137. The molecule has 1 atom stereocenters. The SMILES string of the molecule is COc1ccc(CC(=O)O)cc1-c1ccc(F)c2c1CN(C(=O)C1CCc3cccc(OC)c3C1)CC2. The number of methoxy groups -OCH3 is 2. The van der Waals surface area contributed by atoms with Crippen molar-refractivity contribution in [1.82, 2.24) is 4.90 Å². The molecule has 2 aliphatic rings. The van der Waals surface area contributed by atoms with E-state index in [1.165, 1.54) is 11.6 Å². The summed E-state index contributed by atoms with van der Waals surface area (Å²) < 4.78 is 26.0. The first-order chi connectivity index (χ1) is 17.9. The van der Waals surface area contributed by atoms with Gasteiger partial charge in [0.15, 0.2) is 0 Å². The van der Waals surface area contributed by atoms with Crippen molar-refractivity contribution < 1.29 is 28.6 Å². The van der Waals surface area contributed by atoms with Crippen LogP contribution in [0.15, 0.2) is 48.5 Å². The number of carboxylic acid groups (broad SMARTS) is 1. The third-order valence-electron chi connectivity index (χ3n) is 7.59. The highest BCUT2D eigenvalue weighted by atomic mass is 19.1. The van der Waals surface area contributed by atoms with Crippen molar-refractivity contribution in [3.63, 3.8) is 0 Å². The Morgan fingerprint density at radius 3 is 2.54 bits per heavy atom. The summed E-state index contributed by atoms with van der Waals surface area (Å²) in [6, 6.07) is 14.4. The number of hydrogen-bond donors (Lipinski definition) is 1. The van der Waals surface area contributed by atoms with Crippen LogP contribution in [0.1, 0.15) is 34.2 Å². The smallest absolute Gasteiger partial charge is 0.307 e. The predicted octanol–water partition coefficient (Wildman–Crippen LogP) is 4.83. The summed E-state index contributed by atoms with van der Waals surface area (Å²) in [5, 5.41) is 9.26. The second-order valence-electron chi connectivity index (χ2n) is 9.70. The average Bonchev–Trinajstić information content (AvgIpc) is 2.91. The van der Waals surface area contributed by atoms with Gasteiger partial charge in [-0.15, -0.1) is 0 Å².